The molecule has 0 aliphatic heterocycles. The molecule has 98 valence electrons. The summed E-state index contributed by atoms with van der Waals surface area (Å²) in [5.74, 6) is -2.69. The van der Waals surface area contributed by atoms with Crippen molar-refractivity contribution >= 4 is 17.8 Å². The highest BCUT2D eigenvalue weighted by molar-refractivity contribution is 5.95. The molecule has 1 aromatic heterocycles. The number of hydrogen-bond donors (Lipinski definition) is 2. The molecule has 0 radical (unpaired) electrons. The maximum atomic E-state index is 11.6. The predicted octanol–water partition coefficient (Wildman–Crippen LogP) is -0.834. The van der Waals surface area contributed by atoms with Gasteiger partial charge in [0.2, 0.25) is 0 Å². The largest absolute Gasteiger partial charge is 0.480 e. The Morgan fingerprint density at radius 3 is 2.67 bits per heavy atom. The molecule has 0 fully saturated rings. The lowest BCUT2D eigenvalue weighted by Crippen LogP contribution is -2.42. The monoisotopic (exact) mass is 255 g/mol. The molecule has 1 rings (SSSR count). The molecule has 0 aliphatic rings. The lowest BCUT2D eigenvalue weighted by atomic mass is 10.2. The van der Waals surface area contributed by atoms with Crippen molar-refractivity contribution in [2.75, 3.05) is 7.11 Å². The van der Waals surface area contributed by atoms with Crippen LogP contribution in [0.25, 0.3) is 0 Å². The molecule has 1 aromatic rings. The van der Waals surface area contributed by atoms with Crippen LogP contribution < -0.4 is 5.32 Å². The number of aliphatic carboxylic acids is 1. The van der Waals surface area contributed by atoms with Crippen LogP contribution in [0, 0.1) is 0 Å². The molecule has 1 atom stereocenters. The number of carboxylic acid groups (broad SMARTS) is 1. The molecule has 8 nitrogen and oxygen atoms in total. The fourth-order valence-corrected chi connectivity index (χ4v) is 1.21. The quantitative estimate of drug-likeness (QED) is 0.664. The van der Waals surface area contributed by atoms with Gasteiger partial charge in [0.05, 0.1) is 19.9 Å². The van der Waals surface area contributed by atoms with Gasteiger partial charge in [-0.15, -0.1) is 0 Å². The zero-order chi connectivity index (χ0) is 13.7. The number of carboxylic acids is 1. The zero-order valence-corrected chi connectivity index (χ0v) is 9.91. The minimum atomic E-state index is -1.34. The van der Waals surface area contributed by atoms with Gasteiger partial charge in [0.1, 0.15) is 11.7 Å². The number of imidazole rings is 1. The van der Waals surface area contributed by atoms with Crippen molar-refractivity contribution < 1.29 is 24.2 Å². The Morgan fingerprint density at radius 1 is 1.56 bits per heavy atom. The number of ether oxygens (including phenoxy) is 1. The number of carbonyl (C=O) groups is 3. The number of aromatic nitrogens is 2. The van der Waals surface area contributed by atoms with Gasteiger partial charge in [0.15, 0.2) is 0 Å². The SMILES string of the molecule is COC(=O)C[C@H](NC(=O)c1cn(C)cn1)C(=O)O. The maximum absolute atomic E-state index is 11.6. The molecule has 0 saturated heterocycles. The molecule has 0 bridgehead atoms. The number of esters is 1. The Kier molecular flexibility index (Phi) is 4.41. The van der Waals surface area contributed by atoms with Crippen molar-refractivity contribution in [2.24, 2.45) is 7.05 Å². The summed E-state index contributed by atoms with van der Waals surface area (Å²) in [6.07, 6.45) is 2.40. The van der Waals surface area contributed by atoms with Crippen molar-refractivity contribution in [3.8, 4) is 0 Å². The van der Waals surface area contributed by atoms with Crippen LogP contribution in [0.3, 0.4) is 0 Å². The first kappa shape index (κ1) is 13.7. The third kappa shape index (κ3) is 3.58. The summed E-state index contributed by atoms with van der Waals surface area (Å²) >= 11 is 0. The molecule has 1 heterocycles. The van der Waals surface area contributed by atoms with Crippen LogP contribution in [0.2, 0.25) is 0 Å². The van der Waals surface area contributed by atoms with Crippen molar-refractivity contribution in [3.05, 3.63) is 18.2 Å². The first-order valence-electron chi connectivity index (χ1n) is 5.02. The number of hydrogen-bond acceptors (Lipinski definition) is 5. The van der Waals surface area contributed by atoms with Crippen LogP contribution in [0.15, 0.2) is 12.5 Å². The van der Waals surface area contributed by atoms with Crippen LogP contribution in [0.1, 0.15) is 16.9 Å². The van der Waals surface area contributed by atoms with Gasteiger partial charge in [-0.1, -0.05) is 0 Å². The van der Waals surface area contributed by atoms with Crippen LogP contribution in [-0.4, -0.2) is 45.7 Å². The van der Waals surface area contributed by atoms with Gasteiger partial charge in [-0.05, 0) is 0 Å². The second-order valence-corrected chi connectivity index (χ2v) is 3.57. The number of amides is 1. The molecule has 2 N–H and O–H groups in total. The van der Waals surface area contributed by atoms with E-state index in [2.05, 4.69) is 15.0 Å². The predicted molar refractivity (Wildman–Crippen MR) is 58.7 cm³/mol. The standard InChI is InChI=1S/C10H13N3O5/c1-13-4-7(11-5-13)9(15)12-6(10(16)17)3-8(14)18-2/h4-6H,3H2,1-2H3,(H,12,15)(H,16,17)/t6-/m0/s1. The van der Waals surface area contributed by atoms with Crippen molar-refractivity contribution in [3.63, 3.8) is 0 Å². The molecule has 8 heteroatoms. The lowest BCUT2D eigenvalue weighted by molar-refractivity contribution is -0.147. The number of methoxy groups -OCH3 is 1. The summed E-state index contributed by atoms with van der Waals surface area (Å²) in [4.78, 5) is 37.3. The van der Waals surface area contributed by atoms with Crippen LogP contribution in [0.5, 0.6) is 0 Å². The molecule has 0 aliphatic carbocycles. The fourth-order valence-electron chi connectivity index (χ4n) is 1.21. The highest BCUT2D eigenvalue weighted by Gasteiger charge is 2.24. The van der Waals surface area contributed by atoms with Crippen LogP contribution in [-0.2, 0) is 21.4 Å². The number of aryl methyl sites for hydroxylation is 1. The zero-order valence-electron chi connectivity index (χ0n) is 9.91. The molecule has 0 saturated carbocycles. The maximum Gasteiger partial charge on any atom is 0.326 e. The molecule has 1 amide bonds. The second-order valence-electron chi connectivity index (χ2n) is 3.57. The molecule has 0 unspecified atom stereocenters. The van der Waals surface area contributed by atoms with E-state index in [9.17, 15) is 14.4 Å². The molecule has 0 spiro atoms. The Bertz CT molecular complexity index is 468. The van der Waals surface area contributed by atoms with E-state index in [1.807, 2.05) is 0 Å². The van der Waals surface area contributed by atoms with Gasteiger partial charge in [-0.2, -0.15) is 0 Å². The van der Waals surface area contributed by atoms with E-state index < -0.39 is 30.3 Å². The van der Waals surface area contributed by atoms with Crippen LogP contribution in [0.4, 0.5) is 0 Å². The van der Waals surface area contributed by atoms with E-state index in [1.165, 1.54) is 12.5 Å². The van der Waals surface area contributed by atoms with E-state index >= 15 is 0 Å². The molecular formula is C10H13N3O5. The first-order chi connectivity index (χ1) is 8.43. The Balaban J connectivity index is 2.69. The van der Waals surface area contributed by atoms with Crippen molar-refractivity contribution in [1.82, 2.24) is 14.9 Å². The van der Waals surface area contributed by atoms with Gasteiger partial charge >= 0.3 is 11.9 Å². The third-order valence-corrected chi connectivity index (χ3v) is 2.14. The number of nitrogens with zero attached hydrogens (tertiary/aromatic N) is 2. The van der Waals surface area contributed by atoms with Gasteiger partial charge in [0, 0.05) is 13.2 Å². The number of rotatable bonds is 5. The minimum Gasteiger partial charge on any atom is -0.480 e. The van der Waals surface area contributed by atoms with E-state index in [1.54, 1.807) is 11.6 Å². The smallest absolute Gasteiger partial charge is 0.326 e. The number of nitrogens with one attached hydrogen (secondary N) is 1. The Morgan fingerprint density at radius 2 is 2.22 bits per heavy atom. The van der Waals surface area contributed by atoms with Crippen LogP contribution >= 0.6 is 0 Å². The summed E-state index contributed by atoms with van der Waals surface area (Å²) in [7, 11) is 2.81. The summed E-state index contributed by atoms with van der Waals surface area (Å²) in [5.41, 5.74) is 0.0774. The minimum absolute atomic E-state index is 0.0774. The van der Waals surface area contributed by atoms with E-state index in [0.717, 1.165) is 7.11 Å². The summed E-state index contributed by atoms with van der Waals surface area (Å²) < 4.78 is 5.90. The summed E-state index contributed by atoms with van der Waals surface area (Å²) in [6.45, 7) is 0. The lowest BCUT2D eigenvalue weighted by Gasteiger charge is -2.12. The van der Waals surface area contributed by atoms with Crippen molar-refractivity contribution in [2.45, 2.75) is 12.5 Å². The van der Waals surface area contributed by atoms with E-state index in [0.29, 0.717) is 0 Å². The highest BCUT2D eigenvalue weighted by atomic mass is 16.5. The Labute approximate surface area is 103 Å². The summed E-state index contributed by atoms with van der Waals surface area (Å²) in [6, 6.07) is -1.34. The topological polar surface area (TPSA) is 111 Å². The van der Waals surface area contributed by atoms with E-state index in [-0.39, 0.29) is 5.69 Å². The van der Waals surface area contributed by atoms with Crippen molar-refractivity contribution in [1.29, 1.82) is 0 Å². The molecule has 0 aromatic carbocycles. The second kappa shape index (κ2) is 5.80. The molecular weight excluding hydrogens is 242 g/mol. The first-order valence-corrected chi connectivity index (χ1v) is 5.02. The van der Waals surface area contributed by atoms with Gasteiger partial charge in [0.25, 0.3) is 5.91 Å². The summed E-state index contributed by atoms with van der Waals surface area (Å²) in [5, 5.41) is 11.1. The Hall–Kier alpha value is -2.38. The average molecular weight is 255 g/mol. The van der Waals surface area contributed by atoms with Gasteiger partial charge in [-0.3, -0.25) is 9.59 Å². The van der Waals surface area contributed by atoms with Gasteiger partial charge in [-0.25, -0.2) is 9.78 Å². The number of carbonyl (C=O) groups excluding carboxylic acids is 2. The van der Waals surface area contributed by atoms with Gasteiger partial charge < -0.3 is 19.7 Å². The fraction of sp³-hybridized carbons (Fsp3) is 0.400. The third-order valence-electron chi connectivity index (χ3n) is 2.14. The van der Waals surface area contributed by atoms with E-state index in [4.69, 9.17) is 5.11 Å². The highest BCUT2D eigenvalue weighted by Crippen LogP contribution is 1.99. The average Bonchev–Trinajstić information content (AvgIpc) is 2.74. The normalized spacial score (nSPS) is 11.7. The molecule has 18 heavy (non-hydrogen) atoms.